The van der Waals surface area contributed by atoms with Crippen molar-refractivity contribution in [3.05, 3.63) is 78.0 Å². The number of nitrogens with zero attached hydrogens (tertiary/aromatic N) is 3. The summed E-state index contributed by atoms with van der Waals surface area (Å²) in [5.41, 5.74) is 3.39. The van der Waals surface area contributed by atoms with E-state index in [1.165, 1.54) is 0 Å². The van der Waals surface area contributed by atoms with Crippen molar-refractivity contribution in [2.75, 3.05) is 0 Å². The molecule has 0 unspecified atom stereocenters. The second kappa shape index (κ2) is 7.30. The van der Waals surface area contributed by atoms with E-state index in [1.807, 2.05) is 72.9 Å². The highest BCUT2D eigenvalue weighted by Crippen LogP contribution is 2.26. The minimum absolute atomic E-state index is 0.0895. The quantitative estimate of drug-likeness (QED) is 0.561. The molecule has 1 heterocycles. The third kappa shape index (κ3) is 3.80. The average Bonchev–Trinajstić information content (AvgIpc) is 3.43. The lowest BCUT2D eigenvalue weighted by molar-refractivity contribution is -0.117. The van der Waals surface area contributed by atoms with E-state index >= 15 is 0 Å². The molecule has 1 fully saturated rings. The molecular formula is C22H18N4O. The summed E-state index contributed by atoms with van der Waals surface area (Å²) in [6, 6.07) is 21.7. The monoisotopic (exact) mass is 354 g/mol. The Morgan fingerprint density at radius 3 is 2.41 bits per heavy atom. The predicted molar refractivity (Wildman–Crippen MR) is 104 cm³/mol. The summed E-state index contributed by atoms with van der Waals surface area (Å²) in [6.07, 6.45) is 5.42. The molecule has 1 aromatic heterocycles. The van der Waals surface area contributed by atoms with Crippen molar-refractivity contribution in [3.63, 3.8) is 0 Å². The first kappa shape index (κ1) is 16.8. The van der Waals surface area contributed by atoms with Gasteiger partial charge < -0.3 is 5.32 Å². The number of aromatic nitrogens is 2. The smallest absolute Gasteiger partial charge is 0.262 e. The summed E-state index contributed by atoms with van der Waals surface area (Å²) in [4.78, 5) is 12.3. The van der Waals surface area contributed by atoms with Crippen LogP contribution in [0.4, 0.5) is 0 Å². The molecule has 0 radical (unpaired) electrons. The van der Waals surface area contributed by atoms with Gasteiger partial charge in [-0.1, -0.05) is 48.5 Å². The average molecular weight is 354 g/mol. The number of nitrogens with one attached hydrogen (secondary N) is 1. The molecule has 5 nitrogen and oxygen atoms in total. The first-order valence-electron chi connectivity index (χ1n) is 8.88. The molecule has 1 aliphatic carbocycles. The molecule has 5 heteroatoms. The zero-order valence-electron chi connectivity index (χ0n) is 14.7. The first-order chi connectivity index (χ1) is 13.2. The number of carbonyl (C=O) groups excluding carboxylic acids is 1. The molecule has 0 bridgehead atoms. The van der Waals surface area contributed by atoms with Crippen LogP contribution in [0.5, 0.6) is 0 Å². The number of amides is 1. The van der Waals surface area contributed by atoms with Crippen LogP contribution in [0.2, 0.25) is 0 Å². The highest BCUT2D eigenvalue weighted by Gasteiger charge is 2.25. The highest BCUT2D eigenvalue weighted by molar-refractivity contribution is 6.02. The second-order valence-electron chi connectivity index (χ2n) is 6.50. The Labute approximate surface area is 157 Å². The Balaban J connectivity index is 1.78. The Morgan fingerprint density at radius 1 is 1.11 bits per heavy atom. The van der Waals surface area contributed by atoms with E-state index in [9.17, 15) is 10.1 Å². The van der Waals surface area contributed by atoms with Crippen LogP contribution in [0.1, 0.15) is 18.4 Å². The van der Waals surface area contributed by atoms with E-state index in [1.54, 1.807) is 10.8 Å². The van der Waals surface area contributed by atoms with Gasteiger partial charge in [0.1, 0.15) is 11.6 Å². The molecule has 0 saturated heterocycles. The van der Waals surface area contributed by atoms with E-state index < -0.39 is 0 Å². The van der Waals surface area contributed by atoms with Crippen LogP contribution in [0, 0.1) is 11.3 Å². The van der Waals surface area contributed by atoms with Gasteiger partial charge >= 0.3 is 0 Å². The molecule has 132 valence electrons. The van der Waals surface area contributed by atoms with Crippen molar-refractivity contribution >= 4 is 12.0 Å². The van der Waals surface area contributed by atoms with Crippen LogP contribution in [-0.2, 0) is 4.79 Å². The Kier molecular flexibility index (Phi) is 4.54. The fourth-order valence-electron chi connectivity index (χ4n) is 2.82. The summed E-state index contributed by atoms with van der Waals surface area (Å²) < 4.78 is 1.77. The Bertz CT molecular complexity index is 1030. The van der Waals surface area contributed by atoms with Crippen LogP contribution in [0.15, 0.2) is 72.4 Å². The lowest BCUT2D eigenvalue weighted by atomic mass is 10.1. The predicted octanol–water partition coefficient (Wildman–Crippen LogP) is 3.72. The van der Waals surface area contributed by atoms with E-state index in [0.717, 1.165) is 35.3 Å². The number of benzene rings is 2. The number of nitriles is 1. The minimum Gasteiger partial charge on any atom is -0.349 e. The van der Waals surface area contributed by atoms with Crippen LogP contribution >= 0.6 is 0 Å². The van der Waals surface area contributed by atoms with Gasteiger partial charge in [-0.15, -0.1) is 0 Å². The third-order valence-corrected chi connectivity index (χ3v) is 4.39. The maximum absolute atomic E-state index is 12.3. The van der Waals surface area contributed by atoms with Crippen molar-refractivity contribution in [1.82, 2.24) is 15.1 Å². The molecule has 1 amide bonds. The first-order valence-corrected chi connectivity index (χ1v) is 8.88. The maximum atomic E-state index is 12.3. The van der Waals surface area contributed by atoms with Crippen molar-refractivity contribution in [3.8, 4) is 23.0 Å². The number of carbonyl (C=O) groups is 1. The number of rotatable bonds is 5. The molecule has 1 aliphatic rings. The second-order valence-corrected chi connectivity index (χ2v) is 6.50. The van der Waals surface area contributed by atoms with Crippen molar-refractivity contribution < 1.29 is 4.79 Å². The zero-order valence-corrected chi connectivity index (χ0v) is 14.7. The van der Waals surface area contributed by atoms with Crippen LogP contribution < -0.4 is 5.32 Å². The van der Waals surface area contributed by atoms with Gasteiger partial charge in [0.2, 0.25) is 0 Å². The van der Waals surface area contributed by atoms with Gasteiger partial charge in [-0.25, -0.2) is 4.68 Å². The molecule has 0 aliphatic heterocycles. The lowest BCUT2D eigenvalue weighted by Gasteiger charge is -2.02. The van der Waals surface area contributed by atoms with Crippen LogP contribution in [0.3, 0.4) is 0 Å². The molecule has 4 rings (SSSR count). The molecule has 1 N–H and O–H groups in total. The maximum Gasteiger partial charge on any atom is 0.262 e. The van der Waals surface area contributed by atoms with E-state index in [2.05, 4.69) is 5.32 Å². The highest BCUT2D eigenvalue weighted by atomic mass is 16.1. The summed E-state index contributed by atoms with van der Waals surface area (Å²) in [7, 11) is 0. The molecule has 0 atom stereocenters. The third-order valence-electron chi connectivity index (χ3n) is 4.39. The molecule has 1 saturated carbocycles. The van der Waals surface area contributed by atoms with Gasteiger partial charge in [-0.2, -0.15) is 10.4 Å². The van der Waals surface area contributed by atoms with Crippen molar-refractivity contribution in [2.45, 2.75) is 18.9 Å². The fourth-order valence-corrected chi connectivity index (χ4v) is 2.82. The molecule has 27 heavy (non-hydrogen) atoms. The Morgan fingerprint density at radius 2 is 1.78 bits per heavy atom. The number of hydrogen-bond donors (Lipinski definition) is 1. The summed E-state index contributed by atoms with van der Waals surface area (Å²) in [5.74, 6) is -0.327. The van der Waals surface area contributed by atoms with E-state index in [-0.39, 0.29) is 17.5 Å². The summed E-state index contributed by atoms with van der Waals surface area (Å²) >= 11 is 0. The van der Waals surface area contributed by atoms with Gasteiger partial charge in [-0.05, 0) is 31.1 Å². The molecule has 2 aromatic carbocycles. The zero-order chi connectivity index (χ0) is 18.6. The topological polar surface area (TPSA) is 70.7 Å². The summed E-state index contributed by atoms with van der Waals surface area (Å²) in [5, 5.41) is 17.0. The normalized spacial score (nSPS) is 13.8. The van der Waals surface area contributed by atoms with Crippen LogP contribution in [-0.4, -0.2) is 21.7 Å². The molecule has 3 aromatic rings. The standard InChI is InChI=1S/C22H18N4O/c23-14-17(22(27)24-19-11-12-19)13-18-15-26(20-9-5-2-6-10-20)25-21(18)16-7-3-1-4-8-16/h1-10,13,15,19H,11-12H2,(H,24,27)/b17-13-. The Hall–Kier alpha value is -3.65. The molecular weight excluding hydrogens is 336 g/mol. The number of hydrogen-bond acceptors (Lipinski definition) is 3. The largest absolute Gasteiger partial charge is 0.349 e. The van der Waals surface area contributed by atoms with Gasteiger partial charge in [0.05, 0.1) is 11.4 Å². The SMILES string of the molecule is N#C/C(=C/c1cn(-c2ccccc2)nc1-c1ccccc1)C(=O)NC1CC1. The van der Waals surface area contributed by atoms with Gasteiger partial charge in [0.25, 0.3) is 5.91 Å². The number of para-hydroxylation sites is 1. The lowest BCUT2D eigenvalue weighted by Crippen LogP contribution is -2.26. The van der Waals surface area contributed by atoms with E-state index in [0.29, 0.717) is 0 Å². The van der Waals surface area contributed by atoms with E-state index in [4.69, 9.17) is 5.10 Å². The fraction of sp³-hybridized carbons (Fsp3) is 0.136. The van der Waals surface area contributed by atoms with Crippen LogP contribution in [0.25, 0.3) is 23.0 Å². The minimum atomic E-state index is -0.327. The van der Waals surface area contributed by atoms with Crippen molar-refractivity contribution in [2.24, 2.45) is 0 Å². The van der Waals surface area contributed by atoms with Gasteiger partial charge in [0.15, 0.2) is 0 Å². The summed E-state index contributed by atoms with van der Waals surface area (Å²) in [6.45, 7) is 0. The van der Waals surface area contributed by atoms with Gasteiger partial charge in [-0.3, -0.25) is 4.79 Å². The van der Waals surface area contributed by atoms with Gasteiger partial charge in [0, 0.05) is 23.4 Å². The molecule has 0 spiro atoms. The van der Waals surface area contributed by atoms with Crippen molar-refractivity contribution in [1.29, 1.82) is 5.26 Å².